The van der Waals surface area contributed by atoms with Crippen molar-refractivity contribution < 1.29 is 9.53 Å². The second-order valence-corrected chi connectivity index (χ2v) is 5.77. The molecule has 0 saturated heterocycles. The smallest absolute Gasteiger partial charge is 0.273 e. The highest BCUT2D eigenvalue weighted by Gasteiger charge is 2.25. The molecule has 120 valence electrons. The molecule has 1 aliphatic rings. The zero-order valence-corrected chi connectivity index (χ0v) is 13.3. The lowest BCUT2D eigenvalue weighted by Gasteiger charge is -2.17. The molecule has 0 aliphatic heterocycles. The number of ether oxygens (including phenoxy) is 1. The molecule has 5 heteroatoms. The van der Waals surface area contributed by atoms with Crippen LogP contribution in [0.4, 0.5) is 5.69 Å². The van der Waals surface area contributed by atoms with E-state index in [2.05, 4.69) is 15.5 Å². The topological polar surface area (TPSA) is 67.0 Å². The van der Waals surface area contributed by atoms with Crippen LogP contribution < -0.4 is 10.1 Å². The van der Waals surface area contributed by atoms with Crippen LogP contribution in [0.1, 0.15) is 21.6 Å². The molecule has 5 nitrogen and oxygen atoms in total. The third-order valence-electron chi connectivity index (χ3n) is 4.34. The fraction of sp³-hybridized carbons (Fsp3) is 0.158. The number of amides is 1. The average molecular weight is 319 g/mol. The van der Waals surface area contributed by atoms with Crippen LogP contribution in [0.5, 0.6) is 5.75 Å². The highest BCUT2D eigenvalue weighted by atomic mass is 16.5. The van der Waals surface area contributed by atoms with Crippen molar-refractivity contribution in [1.82, 2.24) is 10.2 Å². The fourth-order valence-corrected chi connectivity index (χ4v) is 3.13. The molecule has 4 rings (SSSR count). The van der Waals surface area contributed by atoms with E-state index >= 15 is 0 Å². The molecule has 0 atom stereocenters. The molecule has 1 amide bonds. The molecule has 2 aromatic carbocycles. The Morgan fingerprint density at radius 2 is 2.00 bits per heavy atom. The molecular weight excluding hydrogens is 302 g/mol. The van der Waals surface area contributed by atoms with Gasteiger partial charge in [-0.1, -0.05) is 18.2 Å². The van der Waals surface area contributed by atoms with E-state index in [-0.39, 0.29) is 5.91 Å². The molecule has 1 aromatic heterocycles. The number of aromatic amines is 1. The highest BCUT2D eigenvalue weighted by molar-refractivity contribution is 6.05. The number of hydrogen-bond donors (Lipinski definition) is 2. The van der Waals surface area contributed by atoms with Gasteiger partial charge in [0.05, 0.1) is 12.8 Å². The van der Waals surface area contributed by atoms with Crippen LogP contribution >= 0.6 is 0 Å². The van der Waals surface area contributed by atoms with Gasteiger partial charge < -0.3 is 10.1 Å². The van der Waals surface area contributed by atoms with E-state index in [0.29, 0.717) is 5.69 Å². The van der Waals surface area contributed by atoms with Crippen molar-refractivity contribution >= 4 is 11.6 Å². The van der Waals surface area contributed by atoms with E-state index in [1.54, 1.807) is 7.11 Å². The second kappa shape index (κ2) is 5.85. The molecule has 0 saturated carbocycles. The van der Waals surface area contributed by atoms with Crippen molar-refractivity contribution in [2.75, 3.05) is 12.4 Å². The largest absolute Gasteiger partial charge is 0.497 e. The van der Waals surface area contributed by atoms with Gasteiger partial charge in [0, 0.05) is 16.8 Å². The van der Waals surface area contributed by atoms with Crippen LogP contribution in [0.2, 0.25) is 0 Å². The zero-order valence-electron chi connectivity index (χ0n) is 13.3. The van der Waals surface area contributed by atoms with E-state index < -0.39 is 0 Å². The Kier molecular flexibility index (Phi) is 3.54. The third kappa shape index (κ3) is 2.44. The number of anilines is 1. The lowest BCUT2D eigenvalue weighted by atomic mass is 9.89. The second-order valence-electron chi connectivity index (χ2n) is 5.77. The molecule has 2 N–H and O–H groups in total. The SMILES string of the molecule is COc1ccc2c(c1)CCc1c-2n[nH]c1C(=O)Nc1ccccc1. The molecule has 0 spiro atoms. The number of rotatable bonds is 3. The van der Waals surface area contributed by atoms with Crippen LogP contribution in [-0.2, 0) is 12.8 Å². The molecule has 0 bridgehead atoms. The Labute approximate surface area is 139 Å². The van der Waals surface area contributed by atoms with Crippen molar-refractivity contribution in [3.05, 3.63) is 65.4 Å². The van der Waals surface area contributed by atoms with Crippen molar-refractivity contribution in [3.63, 3.8) is 0 Å². The Hall–Kier alpha value is -3.08. The minimum Gasteiger partial charge on any atom is -0.497 e. The van der Waals surface area contributed by atoms with Gasteiger partial charge in [0.15, 0.2) is 0 Å². The first-order valence-electron chi connectivity index (χ1n) is 7.87. The van der Waals surface area contributed by atoms with Crippen molar-refractivity contribution in [3.8, 4) is 17.0 Å². The van der Waals surface area contributed by atoms with Crippen LogP contribution in [-0.4, -0.2) is 23.2 Å². The summed E-state index contributed by atoms with van der Waals surface area (Å²) < 4.78 is 5.29. The number of carbonyl (C=O) groups is 1. The summed E-state index contributed by atoms with van der Waals surface area (Å²) in [6, 6.07) is 15.4. The number of aryl methyl sites for hydroxylation is 1. The number of nitrogens with zero attached hydrogens (tertiary/aromatic N) is 1. The number of H-pyrrole nitrogens is 1. The summed E-state index contributed by atoms with van der Waals surface area (Å²) in [6.45, 7) is 0. The van der Waals surface area contributed by atoms with E-state index in [0.717, 1.165) is 41.1 Å². The van der Waals surface area contributed by atoms with E-state index in [1.807, 2.05) is 48.5 Å². The Morgan fingerprint density at radius 3 is 2.79 bits per heavy atom. The van der Waals surface area contributed by atoms with Crippen molar-refractivity contribution in [2.24, 2.45) is 0 Å². The maximum Gasteiger partial charge on any atom is 0.273 e. The molecular formula is C19H17N3O2. The molecule has 0 fully saturated rings. The van der Waals surface area contributed by atoms with Gasteiger partial charge in [0.25, 0.3) is 5.91 Å². The lowest BCUT2D eigenvalue weighted by Crippen LogP contribution is -2.15. The molecule has 24 heavy (non-hydrogen) atoms. The third-order valence-corrected chi connectivity index (χ3v) is 4.34. The molecule has 1 aliphatic carbocycles. The van der Waals surface area contributed by atoms with E-state index in [1.165, 1.54) is 5.56 Å². The van der Waals surface area contributed by atoms with Gasteiger partial charge in [0.1, 0.15) is 11.4 Å². The number of methoxy groups -OCH3 is 1. The van der Waals surface area contributed by atoms with Crippen LogP contribution in [0.25, 0.3) is 11.3 Å². The van der Waals surface area contributed by atoms with E-state index in [4.69, 9.17) is 4.74 Å². The van der Waals surface area contributed by atoms with Crippen molar-refractivity contribution in [1.29, 1.82) is 0 Å². The summed E-state index contributed by atoms with van der Waals surface area (Å²) in [6.07, 6.45) is 1.65. The van der Waals surface area contributed by atoms with E-state index in [9.17, 15) is 4.79 Å². The number of nitrogens with one attached hydrogen (secondary N) is 2. The molecule has 0 radical (unpaired) electrons. The summed E-state index contributed by atoms with van der Waals surface area (Å²) in [7, 11) is 1.66. The van der Waals surface area contributed by atoms with Gasteiger partial charge in [-0.15, -0.1) is 0 Å². The van der Waals surface area contributed by atoms with Gasteiger partial charge in [-0.2, -0.15) is 5.10 Å². The van der Waals surface area contributed by atoms with Gasteiger partial charge >= 0.3 is 0 Å². The number of hydrogen-bond acceptors (Lipinski definition) is 3. The number of benzene rings is 2. The molecule has 0 unspecified atom stereocenters. The molecule has 1 heterocycles. The Morgan fingerprint density at radius 1 is 1.17 bits per heavy atom. The normalized spacial score (nSPS) is 12.2. The summed E-state index contributed by atoms with van der Waals surface area (Å²) in [5.41, 5.74) is 5.40. The number of carbonyl (C=O) groups excluding carboxylic acids is 1. The van der Waals surface area contributed by atoms with Gasteiger partial charge in [-0.25, -0.2) is 0 Å². The summed E-state index contributed by atoms with van der Waals surface area (Å²) in [5.74, 6) is 0.682. The first kappa shape index (κ1) is 14.5. The molecule has 3 aromatic rings. The lowest BCUT2D eigenvalue weighted by molar-refractivity contribution is 0.102. The van der Waals surface area contributed by atoms with Crippen LogP contribution in [0, 0.1) is 0 Å². The minimum absolute atomic E-state index is 0.160. The van der Waals surface area contributed by atoms with Crippen LogP contribution in [0.15, 0.2) is 48.5 Å². The number of fused-ring (bicyclic) bond motifs is 3. The van der Waals surface area contributed by atoms with Gasteiger partial charge in [-0.05, 0) is 48.7 Å². The predicted molar refractivity (Wildman–Crippen MR) is 92.4 cm³/mol. The average Bonchev–Trinajstić information content (AvgIpc) is 3.06. The summed E-state index contributed by atoms with van der Waals surface area (Å²) in [4.78, 5) is 12.6. The number of aromatic nitrogens is 2. The monoisotopic (exact) mass is 319 g/mol. The predicted octanol–water partition coefficient (Wildman–Crippen LogP) is 3.44. The van der Waals surface area contributed by atoms with Crippen LogP contribution in [0.3, 0.4) is 0 Å². The maximum absolute atomic E-state index is 12.6. The standard InChI is InChI=1S/C19H17N3O2/c1-24-14-8-10-15-12(11-14)7-9-16-17(15)21-22-18(16)19(23)20-13-5-3-2-4-6-13/h2-6,8,10-11H,7,9H2,1H3,(H,20,23)(H,21,22). The minimum atomic E-state index is -0.160. The van der Waals surface area contributed by atoms with Gasteiger partial charge in [-0.3, -0.25) is 9.89 Å². The van der Waals surface area contributed by atoms with Crippen molar-refractivity contribution in [2.45, 2.75) is 12.8 Å². The first-order valence-corrected chi connectivity index (χ1v) is 7.87. The summed E-state index contributed by atoms with van der Waals surface area (Å²) in [5, 5.41) is 10.2. The fourth-order valence-electron chi connectivity index (χ4n) is 3.13. The Balaban J connectivity index is 1.67. The number of para-hydroxylation sites is 1. The maximum atomic E-state index is 12.6. The Bertz CT molecular complexity index is 900. The summed E-state index contributed by atoms with van der Waals surface area (Å²) >= 11 is 0. The quantitative estimate of drug-likeness (QED) is 0.777. The first-order chi connectivity index (χ1) is 11.8. The van der Waals surface area contributed by atoms with Gasteiger partial charge in [0.2, 0.25) is 0 Å². The highest BCUT2D eigenvalue weighted by Crippen LogP contribution is 2.35. The zero-order chi connectivity index (χ0) is 16.5.